The Hall–Kier alpha value is -1.62. The Morgan fingerprint density at radius 2 is 2.10 bits per heavy atom. The first-order valence-electron chi connectivity index (χ1n) is 6.21. The van der Waals surface area contributed by atoms with Gasteiger partial charge in [-0.15, -0.1) is 0 Å². The van der Waals surface area contributed by atoms with Gasteiger partial charge in [0.1, 0.15) is 11.6 Å². The van der Waals surface area contributed by atoms with Crippen molar-refractivity contribution in [2.24, 2.45) is 0 Å². The second kappa shape index (κ2) is 6.22. The molecule has 0 atom stereocenters. The Morgan fingerprint density at radius 1 is 1.35 bits per heavy atom. The van der Waals surface area contributed by atoms with E-state index in [-0.39, 0.29) is 5.82 Å². The second-order valence-corrected chi connectivity index (χ2v) is 5.38. The summed E-state index contributed by atoms with van der Waals surface area (Å²) in [6.07, 6.45) is 1.78. The number of methoxy groups -OCH3 is 1. The molecule has 0 fully saturated rings. The molecule has 2 rings (SSSR count). The van der Waals surface area contributed by atoms with Crippen LogP contribution in [-0.2, 0) is 6.54 Å². The van der Waals surface area contributed by atoms with Crippen LogP contribution in [0.2, 0.25) is 0 Å². The van der Waals surface area contributed by atoms with Gasteiger partial charge in [-0.25, -0.2) is 4.39 Å². The van der Waals surface area contributed by atoms with Gasteiger partial charge < -0.3 is 10.1 Å². The van der Waals surface area contributed by atoms with Crippen LogP contribution in [0.4, 0.5) is 10.1 Å². The molecule has 0 spiro atoms. The molecule has 0 radical (unpaired) electrons. The number of hydrogen-bond donors (Lipinski definition) is 1. The molecule has 0 unspecified atom stereocenters. The molecule has 0 bridgehead atoms. The Labute approximate surface area is 126 Å². The molecule has 0 aliphatic carbocycles. The highest BCUT2D eigenvalue weighted by Crippen LogP contribution is 2.26. The van der Waals surface area contributed by atoms with Crippen molar-refractivity contribution in [2.75, 3.05) is 12.4 Å². The molecule has 3 nitrogen and oxygen atoms in total. The number of pyridine rings is 1. The van der Waals surface area contributed by atoms with E-state index in [1.54, 1.807) is 19.4 Å². The van der Waals surface area contributed by atoms with E-state index in [0.29, 0.717) is 12.2 Å². The third kappa shape index (κ3) is 3.10. The zero-order chi connectivity index (χ0) is 14.7. The van der Waals surface area contributed by atoms with Gasteiger partial charge in [0.05, 0.1) is 25.0 Å². The highest BCUT2D eigenvalue weighted by Gasteiger charge is 2.10. The summed E-state index contributed by atoms with van der Waals surface area (Å²) in [5.41, 5.74) is 3.57. The third-order valence-electron chi connectivity index (χ3n) is 3.12. The molecule has 1 N–H and O–H groups in total. The van der Waals surface area contributed by atoms with Crippen molar-refractivity contribution < 1.29 is 9.13 Å². The summed E-state index contributed by atoms with van der Waals surface area (Å²) in [5, 5.41) is 3.18. The van der Waals surface area contributed by atoms with E-state index in [1.807, 2.05) is 13.8 Å². The maximum Gasteiger partial charge on any atom is 0.128 e. The molecule has 20 heavy (non-hydrogen) atoms. The van der Waals surface area contributed by atoms with Crippen LogP contribution in [0, 0.1) is 19.7 Å². The van der Waals surface area contributed by atoms with Crippen molar-refractivity contribution in [3.05, 3.63) is 51.5 Å². The quantitative estimate of drug-likeness (QED) is 0.906. The third-order valence-corrected chi connectivity index (χ3v) is 3.82. The standard InChI is InChI=1S/C15H16BrFN2O/c1-9-7-18-14(10(2)15(9)20-3)8-19-13-6-11(17)4-5-12(13)16/h4-7,19H,8H2,1-3H3. The first kappa shape index (κ1) is 14.8. The van der Waals surface area contributed by atoms with Gasteiger partial charge in [-0.3, -0.25) is 4.98 Å². The largest absolute Gasteiger partial charge is 0.496 e. The highest BCUT2D eigenvalue weighted by atomic mass is 79.9. The molecule has 1 aromatic heterocycles. The highest BCUT2D eigenvalue weighted by molar-refractivity contribution is 9.10. The topological polar surface area (TPSA) is 34.1 Å². The van der Waals surface area contributed by atoms with Gasteiger partial charge in [0.25, 0.3) is 0 Å². The van der Waals surface area contributed by atoms with Gasteiger partial charge in [-0.2, -0.15) is 0 Å². The molecule has 2 aromatic rings. The molecular weight excluding hydrogens is 323 g/mol. The van der Waals surface area contributed by atoms with Crippen molar-refractivity contribution in [1.29, 1.82) is 0 Å². The van der Waals surface area contributed by atoms with Crippen LogP contribution in [0.1, 0.15) is 16.8 Å². The predicted octanol–water partition coefficient (Wildman–Crippen LogP) is 4.22. The Morgan fingerprint density at radius 3 is 2.80 bits per heavy atom. The summed E-state index contributed by atoms with van der Waals surface area (Å²) in [6, 6.07) is 4.53. The van der Waals surface area contributed by atoms with Gasteiger partial charge in [-0.05, 0) is 48.0 Å². The predicted molar refractivity (Wildman–Crippen MR) is 81.7 cm³/mol. The van der Waals surface area contributed by atoms with E-state index < -0.39 is 0 Å². The van der Waals surface area contributed by atoms with Gasteiger partial charge in [0, 0.05) is 21.8 Å². The van der Waals surface area contributed by atoms with Gasteiger partial charge in [-0.1, -0.05) is 0 Å². The maximum atomic E-state index is 13.2. The molecule has 5 heteroatoms. The fourth-order valence-corrected chi connectivity index (χ4v) is 2.45. The SMILES string of the molecule is COc1c(C)cnc(CNc2cc(F)ccc2Br)c1C. The zero-order valence-electron chi connectivity index (χ0n) is 11.6. The number of nitrogens with zero attached hydrogens (tertiary/aromatic N) is 1. The van der Waals surface area contributed by atoms with Crippen LogP contribution in [0.15, 0.2) is 28.9 Å². The summed E-state index contributed by atoms with van der Waals surface area (Å²) in [5.74, 6) is 0.567. The van der Waals surface area contributed by atoms with E-state index in [1.165, 1.54) is 12.1 Å². The summed E-state index contributed by atoms with van der Waals surface area (Å²) in [4.78, 5) is 4.40. The Bertz CT molecular complexity index is 632. The van der Waals surface area contributed by atoms with Crippen LogP contribution >= 0.6 is 15.9 Å². The number of halogens is 2. The molecule has 106 valence electrons. The van der Waals surface area contributed by atoms with E-state index >= 15 is 0 Å². The number of nitrogens with one attached hydrogen (secondary N) is 1. The Kier molecular flexibility index (Phi) is 4.60. The van der Waals surface area contributed by atoms with Crippen molar-refractivity contribution in [3.8, 4) is 5.75 Å². The van der Waals surface area contributed by atoms with Gasteiger partial charge in [0.2, 0.25) is 0 Å². The maximum absolute atomic E-state index is 13.2. The minimum absolute atomic E-state index is 0.276. The van der Waals surface area contributed by atoms with Crippen LogP contribution in [-0.4, -0.2) is 12.1 Å². The van der Waals surface area contributed by atoms with Crippen molar-refractivity contribution in [3.63, 3.8) is 0 Å². The Balaban J connectivity index is 2.21. The number of rotatable bonds is 4. The van der Waals surface area contributed by atoms with E-state index in [4.69, 9.17) is 4.74 Å². The number of ether oxygens (including phenoxy) is 1. The lowest BCUT2D eigenvalue weighted by Crippen LogP contribution is -2.06. The zero-order valence-corrected chi connectivity index (χ0v) is 13.2. The molecular formula is C15H16BrFN2O. The average molecular weight is 339 g/mol. The lowest BCUT2D eigenvalue weighted by Gasteiger charge is -2.14. The minimum atomic E-state index is -0.276. The van der Waals surface area contributed by atoms with E-state index in [2.05, 4.69) is 26.2 Å². The summed E-state index contributed by atoms with van der Waals surface area (Å²) in [7, 11) is 1.65. The average Bonchev–Trinajstić information content (AvgIpc) is 2.42. The summed E-state index contributed by atoms with van der Waals surface area (Å²) >= 11 is 3.39. The molecule has 1 aromatic carbocycles. The molecule has 0 aliphatic heterocycles. The molecule has 0 aliphatic rings. The fourth-order valence-electron chi connectivity index (χ4n) is 2.06. The monoisotopic (exact) mass is 338 g/mol. The van der Waals surface area contributed by atoms with Crippen LogP contribution < -0.4 is 10.1 Å². The number of aryl methyl sites for hydroxylation is 1. The number of benzene rings is 1. The summed E-state index contributed by atoms with van der Waals surface area (Å²) < 4.78 is 19.4. The second-order valence-electron chi connectivity index (χ2n) is 4.52. The van der Waals surface area contributed by atoms with Crippen molar-refractivity contribution in [2.45, 2.75) is 20.4 Å². The van der Waals surface area contributed by atoms with Crippen LogP contribution in [0.5, 0.6) is 5.75 Å². The lowest BCUT2D eigenvalue weighted by molar-refractivity contribution is 0.407. The summed E-state index contributed by atoms with van der Waals surface area (Å²) in [6.45, 7) is 4.43. The molecule has 0 saturated carbocycles. The number of anilines is 1. The molecule has 1 heterocycles. The number of aromatic nitrogens is 1. The first-order chi connectivity index (χ1) is 9.52. The number of hydrogen-bond acceptors (Lipinski definition) is 3. The van der Waals surface area contributed by atoms with Gasteiger partial charge >= 0.3 is 0 Å². The first-order valence-corrected chi connectivity index (χ1v) is 7.00. The minimum Gasteiger partial charge on any atom is -0.496 e. The molecule has 0 saturated heterocycles. The molecule has 0 amide bonds. The van der Waals surface area contributed by atoms with Crippen molar-refractivity contribution >= 4 is 21.6 Å². The smallest absolute Gasteiger partial charge is 0.128 e. The van der Waals surface area contributed by atoms with Gasteiger partial charge in [0.15, 0.2) is 0 Å². The van der Waals surface area contributed by atoms with E-state index in [9.17, 15) is 4.39 Å². The van der Waals surface area contributed by atoms with Crippen molar-refractivity contribution in [1.82, 2.24) is 4.98 Å². The van der Waals surface area contributed by atoms with Crippen LogP contribution in [0.25, 0.3) is 0 Å². The lowest BCUT2D eigenvalue weighted by atomic mass is 10.1. The van der Waals surface area contributed by atoms with Crippen LogP contribution in [0.3, 0.4) is 0 Å². The normalized spacial score (nSPS) is 10.4. The fraction of sp³-hybridized carbons (Fsp3) is 0.267. The van der Waals surface area contributed by atoms with E-state index in [0.717, 1.165) is 27.0 Å².